The highest BCUT2D eigenvalue weighted by atomic mass is 16.6. The largest absolute Gasteiger partial charge is 0.446 e. The molecule has 1 aromatic heterocycles. The monoisotopic (exact) mass is 205 g/mol. The SMILES string of the molecule is Cc1cc([N+](=O)[O-])c2oc(C=O)cc2c1. The molecule has 0 aliphatic rings. The highest BCUT2D eigenvalue weighted by Gasteiger charge is 2.17. The normalized spacial score (nSPS) is 10.5. The van der Waals surface area contributed by atoms with Gasteiger partial charge in [-0.1, -0.05) is 0 Å². The van der Waals surface area contributed by atoms with Gasteiger partial charge in [-0.25, -0.2) is 0 Å². The average Bonchev–Trinajstić information content (AvgIpc) is 2.58. The number of carbonyl (C=O) groups excluding carboxylic acids is 1. The average molecular weight is 205 g/mol. The number of aldehydes is 1. The van der Waals surface area contributed by atoms with E-state index in [9.17, 15) is 14.9 Å². The molecule has 0 unspecified atom stereocenters. The van der Waals surface area contributed by atoms with Crippen molar-refractivity contribution in [3.05, 3.63) is 39.6 Å². The lowest BCUT2D eigenvalue weighted by molar-refractivity contribution is -0.383. The summed E-state index contributed by atoms with van der Waals surface area (Å²) in [6.45, 7) is 1.75. The van der Waals surface area contributed by atoms with Crippen molar-refractivity contribution in [2.24, 2.45) is 0 Å². The van der Waals surface area contributed by atoms with Crippen molar-refractivity contribution in [2.75, 3.05) is 0 Å². The summed E-state index contributed by atoms with van der Waals surface area (Å²) < 4.78 is 5.05. The Bertz CT molecular complexity index is 556. The Labute approximate surface area is 84.5 Å². The van der Waals surface area contributed by atoms with Gasteiger partial charge >= 0.3 is 5.69 Å². The van der Waals surface area contributed by atoms with E-state index >= 15 is 0 Å². The van der Waals surface area contributed by atoms with Crippen molar-refractivity contribution in [2.45, 2.75) is 6.92 Å². The number of non-ortho nitro benzene ring substituents is 1. The molecule has 0 spiro atoms. The van der Waals surface area contributed by atoms with Gasteiger partial charge in [0.15, 0.2) is 12.0 Å². The third-order valence-corrected chi connectivity index (χ3v) is 2.07. The van der Waals surface area contributed by atoms with E-state index < -0.39 is 4.92 Å². The molecule has 0 saturated heterocycles. The minimum absolute atomic E-state index is 0.0960. The number of nitro groups is 1. The second-order valence-electron chi connectivity index (χ2n) is 3.23. The fraction of sp³-hybridized carbons (Fsp3) is 0.100. The molecule has 2 aromatic rings. The molecule has 5 heteroatoms. The maximum atomic E-state index is 10.7. The molecule has 0 fully saturated rings. The van der Waals surface area contributed by atoms with Gasteiger partial charge in [-0.3, -0.25) is 14.9 Å². The number of nitrogens with zero attached hydrogens (tertiary/aromatic N) is 1. The fourth-order valence-electron chi connectivity index (χ4n) is 1.49. The number of hydrogen-bond donors (Lipinski definition) is 0. The van der Waals surface area contributed by atoms with Crippen LogP contribution in [-0.2, 0) is 0 Å². The van der Waals surface area contributed by atoms with E-state index in [0.717, 1.165) is 5.56 Å². The quantitative estimate of drug-likeness (QED) is 0.428. The zero-order valence-electron chi connectivity index (χ0n) is 7.89. The zero-order chi connectivity index (χ0) is 11.0. The maximum absolute atomic E-state index is 10.7. The van der Waals surface area contributed by atoms with Crippen LogP contribution >= 0.6 is 0 Å². The van der Waals surface area contributed by atoms with Gasteiger partial charge in [0.2, 0.25) is 5.58 Å². The Balaban J connectivity index is 2.83. The van der Waals surface area contributed by atoms with Crippen molar-refractivity contribution in [3.8, 4) is 0 Å². The van der Waals surface area contributed by atoms with E-state index in [1.54, 1.807) is 13.0 Å². The van der Waals surface area contributed by atoms with Crippen LogP contribution in [0.15, 0.2) is 22.6 Å². The summed E-state index contributed by atoms with van der Waals surface area (Å²) in [5.74, 6) is 0.0960. The van der Waals surface area contributed by atoms with E-state index in [-0.39, 0.29) is 17.0 Å². The van der Waals surface area contributed by atoms with Crippen molar-refractivity contribution < 1.29 is 14.1 Å². The minimum atomic E-state index is -0.520. The number of carbonyl (C=O) groups is 1. The van der Waals surface area contributed by atoms with E-state index in [1.807, 2.05) is 0 Å². The number of benzene rings is 1. The summed E-state index contributed by atoms with van der Waals surface area (Å²) in [6.07, 6.45) is 0.527. The van der Waals surface area contributed by atoms with E-state index in [0.29, 0.717) is 11.7 Å². The molecule has 76 valence electrons. The van der Waals surface area contributed by atoms with Gasteiger partial charge in [0.05, 0.1) is 4.92 Å². The molecule has 0 aliphatic heterocycles. The van der Waals surface area contributed by atoms with Crippen molar-refractivity contribution >= 4 is 22.9 Å². The molecule has 2 rings (SSSR count). The molecule has 0 radical (unpaired) electrons. The van der Waals surface area contributed by atoms with Crippen LogP contribution in [0.3, 0.4) is 0 Å². The first kappa shape index (κ1) is 9.39. The lowest BCUT2D eigenvalue weighted by Gasteiger charge is -1.94. The van der Waals surface area contributed by atoms with Crippen LogP contribution in [0, 0.1) is 17.0 Å². The van der Waals surface area contributed by atoms with Crippen molar-refractivity contribution in [1.82, 2.24) is 0 Å². The first-order valence-electron chi connectivity index (χ1n) is 4.25. The smallest absolute Gasteiger partial charge is 0.312 e. The second-order valence-corrected chi connectivity index (χ2v) is 3.23. The Morgan fingerprint density at radius 1 is 1.40 bits per heavy atom. The Hall–Kier alpha value is -2.17. The highest BCUT2D eigenvalue weighted by Crippen LogP contribution is 2.29. The summed E-state index contributed by atoms with van der Waals surface area (Å²) in [7, 11) is 0. The molecule has 1 aromatic carbocycles. The lowest BCUT2D eigenvalue weighted by Crippen LogP contribution is -1.88. The van der Waals surface area contributed by atoms with Crippen LogP contribution in [0.1, 0.15) is 16.1 Å². The van der Waals surface area contributed by atoms with Crippen LogP contribution in [0.2, 0.25) is 0 Å². The number of rotatable bonds is 2. The standard InChI is InChI=1S/C10H7NO4/c1-6-2-7-4-8(5-12)15-10(7)9(3-6)11(13)14/h2-5H,1H3. The predicted octanol–water partition coefficient (Wildman–Crippen LogP) is 2.46. The highest BCUT2D eigenvalue weighted by molar-refractivity contribution is 5.91. The number of hydrogen-bond acceptors (Lipinski definition) is 4. The molecule has 0 amide bonds. The van der Waals surface area contributed by atoms with Gasteiger partial charge in [-0.15, -0.1) is 0 Å². The first-order chi connectivity index (χ1) is 7.11. The minimum Gasteiger partial charge on any atom is -0.446 e. The third-order valence-electron chi connectivity index (χ3n) is 2.07. The Morgan fingerprint density at radius 3 is 2.73 bits per heavy atom. The number of nitro benzene ring substituents is 1. The van der Waals surface area contributed by atoms with E-state index in [4.69, 9.17) is 4.42 Å². The van der Waals surface area contributed by atoms with E-state index in [1.165, 1.54) is 12.1 Å². The van der Waals surface area contributed by atoms with Gasteiger partial charge in [-0.05, 0) is 24.6 Å². The van der Waals surface area contributed by atoms with Gasteiger partial charge in [-0.2, -0.15) is 0 Å². The van der Waals surface area contributed by atoms with Crippen molar-refractivity contribution in [3.63, 3.8) is 0 Å². The molecule has 15 heavy (non-hydrogen) atoms. The van der Waals surface area contributed by atoms with Crippen LogP contribution in [0.5, 0.6) is 0 Å². The molecular weight excluding hydrogens is 198 g/mol. The third kappa shape index (κ3) is 1.48. The number of furan rings is 1. The topological polar surface area (TPSA) is 73.3 Å². The van der Waals surface area contributed by atoms with Crippen LogP contribution in [0.4, 0.5) is 5.69 Å². The van der Waals surface area contributed by atoms with Gasteiger partial charge < -0.3 is 4.42 Å². The van der Waals surface area contributed by atoms with E-state index in [2.05, 4.69) is 0 Å². The maximum Gasteiger partial charge on any atom is 0.312 e. The summed E-state index contributed by atoms with van der Waals surface area (Å²) in [4.78, 5) is 20.7. The Kier molecular flexibility index (Phi) is 2.00. The number of aryl methyl sites for hydroxylation is 1. The molecule has 1 heterocycles. The molecule has 0 bridgehead atoms. The summed E-state index contributed by atoms with van der Waals surface area (Å²) in [5.41, 5.74) is 0.790. The molecule has 0 atom stereocenters. The zero-order valence-corrected chi connectivity index (χ0v) is 7.89. The van der Waals surface area contributed by atoms with Crippen LogP contribution < -0.4 is 0 Å². The molecule has 5 nitrogen and oxygen atoms in total. The Morgan fingerprint density at radius 2 is 2.13 bits per heavy atom. The lowest BCUT2D eigenvalue weighted by atomic mass is 10.1. The molecule has 0 aliphatic carbocycles. The predicted molar refractivity (Wildman–Crippen MR) is 53.0 cm³/mol. The summed E-state index contributed by atoms with van der Waals surface area (Å²) in [6, 6.07) is 4.64. The molecule has 0 saturated carbocycles. The summed E-state index contributed by atoms with van der Waals surface area (Å²) in [5, 5.41) is 11.3. The fourth-order valence-corrected chi connectivity index (χ4v) is 1.49. The first-order valence-corrected chi connectivity index (χ1v) is 4.25. The second kappa shape index (κ2) is 3.20. The summed E-state index contributed by atoms with van der Waals surface area (Å²) >= 11 is 0. The van der Waals surface area contributed by atoms with Gasteiger partial charge in [0, 0.05) is 11.5 Å². The van der Waals surface area contributed by atoms with Crippen LogP contribution in [0.25, 0.3) is 11.0 Å². The number of fused-ring (bicyclic) bond motifs is 1. The molecular formula is C10H7NO4. The van der Waals surface area contributed by atoms with Gasteiger partial charge in [0.25, 0.3) is 0 Å². The molecule has 0 N–H and O–H groups in total. The van der Waals surface area contributed by atoms with Crippen LogP contribution in [-0.4, -0.2) is 11.2 Å². The van der Waals surface area contributed by atoms with Crippen molar-refractivity contribution in [1.29, 1.82) is 0 Å². The van der Waals surface area contributed by atoms with Gasteiger partial charge in [0.1, 0.15) is 0 Å².